The average Bonchev–Trinajstić information content (AvgIpc) is 2.66. The van der Waals surface area contributed by atoms with E-state index in [-0.39, 0.29) is 34.7 Å². The first-order chi connectivity index (χ1) is 12.9. The quantitative estimate of drug-likeness (QED) is 0.689. The van der Waals surface area contributed by atoms with Gasteiger partial charge in [0.05, 0.1) is 7.11 Å². The van der Waals surface area contributed by atoms with Crippen LogP contribution in [0.2, 0.25) is 0 Å². The third kappa shape index (κ3) is 5.80. The Morgan fingerprint density at radius 1 is 1.15 bits per heavy atom. The Kier molecular flexibility index (Phi) is 7.38. The highest BCUT2D eigenvalue weighted by atomic mass is 32.2. The van der Waals surface area contributed by atoms with Gasteiger partial charge in [0.25, 0.3) is 5.91 Å². The number of hydrogen-bond acceptors (Lipinski definition) is 4. The summed E-state index contributed by atoms with van der Waals surface area (Å²) < 4.78 is 32.2. The molecule has 0 spiro atoms. The lowest BCUT2D eigenvalue weighted by Crippen LogP contribution is -2.33. The van der Waals surface area contributed by atoms with Crippen LogP contribution in [0.25, 0.3) is 0 Å². The number of methoxy groups -OCH3 is 1. The van der Waals surface area contributed by atoms with Crippen molar-refractivity contribution in [3.05, 3.63) is 59.7 Å². The van der Waals surface area contributed by atoms with E-state index in [1.54, 1.807) is 13.0 Å². The van der Waals surface area contributed by atoms with Crippen LogP contribution in [0.1, 0.15) is 36.2 Å². The number of carbonyl (C=O) groups is 1. The van der Waals surface area contributed by atoms with E-state index in [0.29, 0.717) is 0 Å². The topological polar surface area (TPSA) is 84.5 Å². The van der Waals surface area contributed by atoms with Crippen molar-refractivity contribution < 1.29 is 17.9 Å². The average molecular weight is 391 g/mol. The molecule has 0 unspecified atom stereocenters. The first-order valence-corrected chi connectivity index (χ1v) is 10.4. The second-order valence-corrected chi connectivity index (χ2v) is 8.00. The lowest BCUT2D eigenvalue weighted by Gasteiger charge is -2.15. The van der Waals surface area contributed by atoms with Gasteiger partial charge in [-0.3, -0.25) is 4.79 Å². The van der Waals surface area contributed by atoms with Crippen LogP contribution in [0.5, 0.6) is 5.75 Å². The Bertz CT molecular complexity index is 867. The largest absolute Gasteiger partial charge is 0.495 e. The molecule has 1 amide bonds. The van der Waals surface area contributed by atoms with E-state index in [1.165, 1.54) is 24.8 Å². The number of carbonyl (C=O) groups excluding carboxylic acids is 1. The van der Waals surface area contributed by atoms with Gasteiger partial charge < -0.3 is 10.1 Å². The van der Waals surface area contributed by atoms with Crippen molar-refractivity contribution in [3.8, 4) is 5.75 Å². The maximum Gasteiger partial charge on any atom is 0.251 e. The molecular weight excluding hydrogens is 364 g/mol. The van der Waals surface area contributed by atoms with Crippen LogP contribution >= 0.6 is 0 Å². The molecule has 0 aliphatic rings. The molecule has 0 heterocycles. The highest BCUT2D eigenvalue weighted by Gasteiger charge is 2.21. The van der Waals surface area contributed by atoms with Crippen LogP contribution in [0, 0.1) is 0 Å². The fourth-order valence-electron chi connectivity index (χ4n) is 2.70. The van der Waals surface area contributed by atoms with E-state index >= 15 is 0 Å². The normalized spacial score (nSPS) is 12.4. The molecule has 2 rings (SSSR count). The van der Waals surface area contributed by atoms with Gasteiger partial charge in [0.2, 0.25) is 10.0 Å². The summed E-state index contributed by atoms with van der Waals surface area (Å²) in [4.78, 5) is 12.5. The molecule has 0 aliphatic heterocycles. The molecule has 0 saturated carbocycles. The lowest BCUT2D eigenvalue weighted by atomic mass is 10.1. The monoisotopic (exact) mass is 390 g/mol. The highest BCUT2D eigenvalue weighted by molar-refractivity contribution is 7.89. The summed E-state index contributed by atoms with van der Waals surface area (Å²) in [5.41, 5.74) is 1.49. The van der Waals surface area contributed by atoms with E-state index in [4.69, 9.17) is 4.74 Å². The molecule has 7 heteroatoms. The summed E-state index contributed by atoms with van der Waals surface area (Å²) in [6.07, 6.45) is 1.64. The molecule has 27 heavy (non-hydrogen) atoms. The SMILES string of the molecule is CCNS(=O)(=O)c1cc(C(=O)N[C@@H](C)CCc2ccccc2)ccc1OC. The Morgan fingerprint density at radius 2 is 1.85 bits per heavy atom. The van der Waals surface area contributed by atoms with Gasteiger partial charge >= 0.3 is 0 Å². The number of amides is 1. The second kappa shape index (κ2) is 9.53. The van der Waals surface area contributed by atoms with Crippen LogP contribution in [-0.2, 0) is 16.4 Å². The van der Waals surface area contributed by atoms with E-state index in [1.807, 2.05) is 25.1 Å². The Labute approximate surface area is 161 Å². The summed E-state index contributed by atoms with van der Waals surface area (Å²) in [6.45, 7) is 3.87. The van der Waals surface area contributed by atoms with Crippen molar-refractivity contribution in [2.45, 2.75) is 37.6 Å². The Hall–Kier alpha value is -2.38. The molecule has 146 valence electrons. The minimum Gasteiger partial charge on any atom is -0.495 e. The standard InChI is InChI=1S/C20H26N2O4S/c1-4-21-27(24,25)19-14-17(12-13-18(19)26-3)20(23)22-15(2)10-11-16-8-6-5-7-9-16/h5-9,12-15,21H,4,10-11H2,1-3H3,(H,22,23)/t15-/m0/s1. The van der Waals surface area contributed by atoms with E-state index in [9.17, 15) is 13.2 Å². The number of benzene rings is 2. The summed E-state index contributed by atoms with van der Waals surface area (Å²) in [7, 11) is -2.34. The number of rotatable bonds is 9. The van der Waals surface area contributed by atoms with Gasteiger partial charge in [0, 0.05) is 18.2 Å². The number of ether oxygens (including phenoxy) is 1. The smallest absolute Gasteiger partial charge is 0.251 e. The summed E-state index contributed by atoms with van der Waals surface area (Å²) in [5, 5.41) is 2.92. The predicted molar refractivity (Wildman–Crippen MR) is 106 cm³/mol. The molecule has 0 saturated heterocycles. The van der Waals surface area contributed by atoms with E-state index in [0.717, 1.165) is 12.8 Å². The molecule has 0 radical (unpaired) electrons. The molecule has 2 aromatic carbocycles. The Balaban J connectivity index is 2.09. The molecule has 1 atom stereocenters. The zero-order valence-electron chi connectivity index (χ0n) is 15.9. The zero-order valence-corrected chi connectivity index (χ0v) is 16.7. The maximum absolute atomic E-state index is 12.5. The molecule has 2 aromatic rings. The van der Waals surface area contributed by atoms with Crippen molar-refractivity contribution >= 4 is 15.9 Å². The van der Waals surface area contributed by atoms with Gasteiger partial charge in [-0.05, 0) is 43.5 Å². The van der Waals surface area contributed by atoms with Crippen molar-refractivity contribution in [1.29, 1.82) is 0 Å². The summed E-state index contributed by atoms with van der Waals surface area (Å²) in [6, 6.07) is 14.4. The zero-order chi connectivity index (χ0) is 19.9. The third-order valence-electron chi connectivity index (χ3n) is 4.14. The Morgan fingerprint density at radius 3 is 2.48 bits per heavy atom. The molecule has 0 aliphatic carbocycles. The van der Waals surface area contributed by atoms with Crippen LogP contribution in [0.15, 0.2) is 53.4 Å². The van der Waals surface area contributed by atoms with Gasteiger partial charge in [-0.1, -0.05) is 37.3 Å². The van der Waals surface area contributed by atoms with Gasteiger partial charge in [0.15, 0.2) is 0 Å². The van der Waals surface area contributed by atoms with Crippen molar-refractivity contribution in [1.82, 2.24) is 10.0 Å². The fraction of sp³-hybridized carbons (Fsp3) is 0.350. The number of nitrogens with one attached hydrogen (secondary N) is 2. The van der Waals surface area contributed by atoms with Gasteiger partial charge in [-0.2, -0.15) is 0 Å². The summed E-state index contributed by atoms with van der Waals surface area (Å²) >= 11 is 0. The minimum absolute atomic E-state index is 0.0450. The minimum atomic E-state index is -3.74. The molecule has 2 N–H and O–H groups in total. The van der Waals surface area contributed by atoms with E-state index < -0.39 is 10.0 Å². The van der Waals surface area contributed by atoms with Gasteiger partial charge in [-0.25, -0.2) is 13.1 Å². The fourth-order valence-corrected chi connectivity index (χ4v) is 3.94. The maximum atomic E-state index is 12.5. The highest BCUT2D eigenvalue weighted by Crippen LogP contribution is 2.24. The van der Waals surface area contributed by atoms with Crippen LogP contribution in [0.4, 0.5) is 0 Å². The molecule has 0 bridgehead atoms. The second-order valence-electron chi connectivity index (χ2n) is 6.27. The molecular formula is C20H26N2O4S. The molecule has 0 aromatic heterocycles. The first-order valence-electron chi connectivity index (χ1n) is 8.90. The number of hydrogen-bond donors (Lipinski definition) is 2. The first kappa shape index (κ1) is 20.9. The third-order valence-corrected chi connectivity index (χ3v) is 5.70. The molecule has 6 nitrogen and oxygen atoms in total. The lowest BCUT2D eigenvalue weighted by molar-refractivity contribution is 0.0938. The van der Waals surface area contributed by atoms with Crippen molar-refractivity contribution in [2.75, 3.05) is 13.7 Å². The molecule has 0 fully saturated rings. The van der Waals surface area contributed by atoms with Crippen LogP contribution in [0.3, 0.4) is 0 Å². The van der Waals surface area contributed by atoms with Crippen LogP contribution in [-0.4, -0.2) is 34.0 Å². The van der Waals surface area contributed by atoms with Crippen molar-refractivity contribution in [3.63, 3.8) is 0 Å². The predicted octanol–water partition coefficient (Wildman–Crippen LogP) is 2.74. The van der Waals surface area contributed by atoms with Crippen molar-refractivity contribution in [2.24, 2.45) is 0 Å². The number of aryl methyl sites for hydroxylation is 1. The summed E-state index contributed by atoms with van der Waals surface area (Å²) in [5.74, 6) is -0.115. The van der Waals surface area contributed by atoms with E-state index in [2.05, 4.69) is 22.2 Å². The number of sulfonamides is 1. The van der Waals surface area contributed by atoms with Gasteiger partial charge in [-0.15, -0.1) is 0 Å². The van der Waals surface area contributed by atoms with Crippen LogP contribution < -0.4 is 14.8 Å². The van der Waals surface area contributed by atoms with Gasteiger partial charge in [0.1, 0.15) is 10.6 Å².